The van der Waals surface area contributed by atoms with Gasteiger partial charge >= 0.3 is 0 Å². The third-order valence-electron chi connectivity index (χ3n) is 3.64. The highest BCUT2D eigenvalue weighted by atomic mass is 16.5. The van der Waals surface area contributed by atoms with Crippen LogP contribution in [0.5, 0.6) is 5.75 Å². The molecule has 0 saturated carbocycles. The van der Waals surface area contributed by atoms with Gasteiger partial charge in [0.25, 0.3) is 5.91 Å². The van der Waals surface area contributed by atoms with Gasteiger partial charge in [-0.15, -0.1) is 10.2 Å². The number of benzene rings is 2. The number of hydrogen-bond acceptors (Lipinski definition) is 5. The van der Waals surface area contributed by atoms with E-state index in [9.17, 15) is 4.79 Å². The fourth-order valence-corrected chi connectivity index (χ4v) is 2.36. The number of carbonyl (C=O) groups excluding carboxylic acids is 1. The molecule has 0 aliphatic carbocycles. The Morgan fingerprint density at radius 2 is 1.88 bits per heavy atom. The fourth-order valence-electron chi connectivity index (χ4n) is 2.36. The van der Waals surface area contributed by atoms with Crippen LogP contribution in [0.15, 0.2) is 65.4 Å². The maximum Gasteiger partial charge on any atom is 0.257 e. The second-order valence-corrected chi connectivity index (χ2v) is 5.50. The van der Waals surface area contributed by atoms with Crippen molar-refractivity contribution in [2.45, 2.75) is 12.8 Å². The van der Waals surface area contributed by atoms with Crippen LogP contribution in [0.2, 0.25) is 0 Å². The van der Waals surface area contributed by atoms with E-state index in [0.717, 1.165) is 18.4 Å². The smallest absolute Gasteiger partial charge is 0.257 e. The van der Waals surface area contributed by atoms with E-state index < -0.39 is 0 Å². The number of carbonyl (C=O) groups is 1. The third-order valence-corrected chi connectivity index (χ3v) is 3.64. The van der Waals surface area contributed by atoms with Gasteiger partial charge in [0, 0.05) is 12.1 Å². The van der Waals surface area contributed by atoms with E-state index >= 15 is 0 Å². The van der Waals surface area contributed by atoms with E-state index in [1.807, 2.05) is 18.2 Å². The van der Waals surface area contributed by atoms with Crippen molar-refractivity contribution in [1.29, 1.82) is 0 Å². The molecule has 25 heavy (non-hydrogen) atoms. The number of ether oxygens (including phenoxy) is 1. The van der Waals surface area contributed by atoms with Gasteiger partial charge < -0.3 is 14.5 Å². The van der Waals surface area contributed by atoms with Crippen LogP contribution in [0, 0.1) is 0 Å². The predicted molar refractivity (Wildman–Crippen MR) is 93.0 cm³/mol. The molecule has 1 N–H and O–H groups in total. The first-order valence-corrected chi connectivity index (χ1v) is 8.11. The lowest BCUT2D eigenvalue weighted by atomic mass is 10.1. The van der Waals surface area contributed by atoms with Crippen molar-refractivity contribution < 1.29 is 13.9 Å². The van der Waals surface area contributed by atoms with Crippen LogP contribution in [0.3, 0.4) is 0 Å². The molecule has 3 aromatic rings. The Bertz CT molecular complexity index is 771. The van der Waals surface area contributed by atoms with Crippen LogP contribution in [0.25, 0.3) is 11.5 Å². The standard InChI is InChI=1S/C19H19N3O3/c23-18(20-12-4-7-15-5-2-1-3-6-15)13-24-17-10-8-16(9-11-17)19-22-21-14-25-19/h1-3,5-6,8-11,14H,4,7,12-13H2,(H,20,23). The predicted octanol–water partition coefficient (Wildman–Crippen LogP) is 2.86. The van der Waals surface area contributed by atoms with Crippen molar-refractivity contribution in [2.24, 2.45) is 0 Å². The van der Waals surface area contributed by atoms with E-state index in [4.69, 9.17) is 9.15 Å². The lowest BCUT2D eigenvalue weighted by molar-refractivity contribution is -0.123. The van der Waals surface area contributed by atoms with Gasteiger partial charge in [0.2, 0.25) is 12.3 Å². The van der Waals surface area contributed by atoms with E-state index in [-0.39, 0.29) is 12.5 Å². The van der Waals surface area contributed by atoms with Crippen LogP contribution in [-0.4, -0.2) is 29.3 Å². The van der Waals surface area contributed by atoms with Gasteiger partial charge in [0.15, 0.2) is 6.61 Å². The second kappa shape index (κ2) is 8.63. The molecule has 0 radical (unpaired) electrons. The van der Waals surface area contributed by atoms with Gasteiger partial charge in [0.1, 0.15) is 5.75 Å². The van der Waals surface area contributed by atoms with E-state index in [1.165, 1.54) is 12.0 Å². The van der Waals surface area contributed by atoms with Crippen LogP contribution in [0.4, 0.5) is 0 Å². The molecule has 1 heterocycles. The molecule has 2 aromatic carbocycles. The minimum atomic E-state index is -0.131. The number of aryl methyl sites for hydroxylation is 1. The highest BCUT2D eigenvalue weighted by Gasteiger charge is 2.05. The number of aromatic nitrogens is 2. The van der Waals surface area contributed by atoms with Crippen LogP contribution >= 0.6 is 0 Å². The molecule has 0 fully saturated rings. The zero-order chi connectivity index (χ0) is 17.3. The largest absolute Gasteiger partial charge is 0.484 e. The van der Waals surface area contributed by atoms with Crippen molar-refractivity contribution in [2.75, 3.05) is 13.2 Å². The molecule has 6 heteroatoms. The Labute approximate surface area is 145 Å². The molecule has 0 spiro atoms. The lowest BCUT2D eigenvalue weighted by Crippen LogP contribution is -2.29. The van der Waals surface area contributed by atoms with Gasteiger partial charge in [-0.05, 0) is 42.7 Å². The second-order valence-electron chi connectivity index (χ2n) is 5.50. The molecule has 1 aromatic heterocycles. The molecule has 6 nitrogen and oxygen atoms in total. The van der Waals surface area contributed by atoms with Gasteiger partial charge in [-0.25, -0.2) is 0 Å². The molecule has 128 valence electrons. The molecule has 0 atom stereocenters. The van der Waals surface area contributed by atoms with E-state index in [2.05, 4.69) is 27.6 Å². The topological polar surface area (TPSA) is 77.2 Å². The summed E-state index contributed by atoms with van der Waals surface area (Å²) >= 11 is 0. The maximum atomic E-state index is 11.8. The number of rotatable bonds is 8. The lowest BCUT2D eigenvalue weighted by Gasteiger charge is -2.08. The summed E-state index contributed by atoms with van der Waals surface area (Å²) in [5.41, 5.74) is 2.07. The first-order chi connectivity index (χ1) is 12.3. The summed E-state index contributed by atoms with van der Waals surface area (Å²) < 4.78 is 10.6. The zero-order valence-electron chi connectivity index (χ0n) is 13.7. The van der Waals surface area contributed by atoms with Crippen molar-refractivity contribution in [3.05, 3.63) is 66.6 Å². The fraction of sp³-hybridized carbons (Fsp3) is 0.211. The van der Waals surface area contributed by atoms with Gasteiger partial charge in [-0.2, -0.15) is 0 Å². The summed E-state index contributed by atoms with van der Waals surface area (Å²) in [5, 5.41) is 10.3. The minimum Gasteiger partial charge on any atom is -0.484 e. The Morgan fingerprint density at radius 1 is 1.08 bits per heavy atom. The third kappa shape index (κ3) is 5.17. The summed E-state index contributed by atoms with van der Waals surface area (Å²) in [6, 6.07) is 17.4. The number of nitrogens with one attached hydrogen (secondary N) is 1. The SMILES string of the molecule is O=C(COc1ccc(-c2nnco2)cc1)NCCCc1ccccc1. The Balaban J connectivity index is 1.36. The van der Waals surface area contributed by atoms with Crippen molar-refractivity contribution in [3.63, 3.8) is 0 Å². The Kier molecular flexibility index (Phi) is 5.77. The first kappa shape index (κ1) is 16.7. The molecule has 0 unspecified atom stereocenters. The first-order valence-electron chi connectivity index (χ1n) is 8.11. The monoisotopic (exact) mass is 337 g/mol. The average Bonchev–Trinajstić information content (AvgIpc) is 3.20. The quantitative estimate of drug-likeness (QED) is 0.640. The Morgan fingerprint density at radius 3 is 2.60 bits per heavy atom. The van der Waals surface area contributed by atoms with E-state index in [1.54, 1.807) is 24.3 Å². The Hall–Kier alpha value is -3.15. The summed E-state index contributed by atoms with van der Waals surface area (Å²) in [4.78, 5) is 11.8. The van der Waals surface area contributed by atoms with Crippen LogP contribution in [-0.2, 0) is 11.2 Å². The van der Waals surface area contributed by atoms with Crippen molar-refractivity contribution >= 4 is 5.91 Å². The molecule has 0 saturated heterocycles. The average molecular weight is 337 g/mol. The molecule has 3 rings (SSSR count). The van der Waals surface area contributed by atoms with Crippen LogP contribution < -0.4 is 10.1 Å². The van der Waals surface area contributed by atoms with Gasteiger partial charge in [0.05, 0.1) is 0 Å². The van der Waals surface area contributed by atoms with Gasteiger partial charge in [-0.3, -0.25) is 4.79 Å². The summed E-state index contributed by atoms with van der Waals surface area (Å²) in [6.07, 6.45) is 3.12. The summed E-state index contributed by atoms with van der Waals surface area (Å²) in [6.45, 7) is 0.623. The van der Waals surface area contributed by atoms with Crippen molar-refractivity contribution in [3.8, 4) is 17.2 Å². The zero-order valence-corrected chi connectivity index (χ0v) is 13.7. The maximum absolute atomic E-state index is 11.8. The molecular weight excluding hydrogens is 318 g/mol. The summed E-state index contributed by atoms with van der Waals surface area (Å²) in [5.74, 6) is 0.930. The van der Waals surface area contributed by atoms with Crippen LogP contribution in [0.1, 0.15) is 12.0 Å². The van der Waals surface area contributed by atoms with E-state index in [0.29, 0.717) is 18.2 Å². The normalized spacial score (nSPS) is 10.4. The minimum absolute atomic E-state index is 0.00869. The molecule has 1 amide bonds. The van der Waals surface area contributed by atoms with Crippen molar-refractivity contribution in [1.82, 2.24) is 15.5 Å². The number of amides is 1. The molecule has 0 aliphatic heterocycles. The molecule has 0 bridgehead atoms. The van der Waals surface area contributed by atoms with Gasteiger partial charge in [-0.1, -0.05) is 30.3 Å². The number of hydrogen-bond donors (Lipinski definition) is 1. The molecule has 0 aliphatic rings. The summed E-state index contributed by atoms with van der Waals surface area (Å²) in [7, 11) is 0. The molecular formula is C19H19N3O3. The highest BCUT2D eigenvalue weighted by molar-refractivity contribution is 5.77. The number of nitrogens with zero attached hydrogens (tertiary/aromatic N) is 2. The highest BCUT2D eigenvalue weighted by Crippen LogP contribution is 2.20.